The summed E-state index contributed by atoms with van der Waals surface area (Å²) >= 11 is 6.03. The molecule has 5 rings (SSSR count). The van der Waals surface area contributed by atoms with Gasteiger partial charge in [0.2, 0.25) is 0 Å². The fourth-order valence-corrected chi connectivity index (χ4v) is 4.57. The standard InChI is InChI=1S/C21H24ClN5O.2CH2O2/c1-14-24-10-19(25(14)2)21-23-7-8-27(21)17-9-18-13-28-20(12-26(18)11-17)15-3-5-16(22)6-4-15;2*2-1-3/h3-8,10,17-18,20H,9,11-13H2,1-2H3;2*1H,(H,2,3)/t17-,18+,20-;;/m1../s1. The molecule has 1 aromatic carbocycles. The fraction of sp³-hybridized carbons (Fsp3) is 0.391. The van der Waals surface area contributed by atoms with E-state index in [0.717, 1.165) is 48.5 Å². The van der Waals surface area contributed by atoms with E-state index in [9.17, 15) is 0 Å². The van der Waals surface area contributed by atoms with Gasteiger partial charge in [-0.05, 0) is 31.0 Å². The summed E-state index contributed by atoms with van der Waals surface area (Å²) in [7, 11) is 2.04. The lowest BCUT2D eigenvalue weighted by molar-refractivity contribution is -0.123. The van der Waals surface area contributed by atoms with Gasteiger partial charge in [0.15, 0.2) is 5.82 Å². The van der Waals surface area contributed by atoms with Crippen LogP contribution in [0.2, 0.25) is 5.02 Å². The van der Waals surface area contributed by atoms with Crippen LogP contribution in [0.25, 0.3) is 11.5 Å². The quantitative estimate of drug-likeness (QED) is 0.538. The maximum absolute atomic E-state index is 8.36. The van der Waals surface area contributed by atoms with Gasteiger partial charge in [0.1, 0.15) is 11.5 Å². The van der Waals surface area contributed by atoms with E-state index in [1.807, 2.05) is 38.5 Å². The molecule has 2 aromatic heterocycles. The number of aromatic nitrogens is 4. The number of aryl methyl sites for hydroxylation is 1. The molecule has 2 saturated heterocycles. The molecule has 2 N–H and O–H groups in total. The van der Waals surface area contributed by atoms with Gasteiger partial charge in [-0.2, -0.15) is 0 Å². The van der Waals surface area contributed by atoms with Gasteiger partial charge in [-0.25, -0.2) is 9.97 Å². The number of benzene rings is 1. The predicted octanol–water partition coefficient (Wildman–Crippen LogP) is 3.03. The Hall–Kier alpha value is -3.21. The first kappa shape index (κ1) is 25.4. The molecular weight excluding hydrogens is 462 g/mol. The molecule has 2 aliphatic rings. The van der Waals surface area contributed by atoms with E-state index < -0.39 is 0 Å². The minimum atomic E-state index is -0.250. The van der Waals surface area contributed by atoms with Crippen molar-refractivity contribution in [1.29, 1.82) is 0 Å². The van der Waals surface area contributed by atoms with Gasteiger partial charge in [-0.3, -0.25) is 14.5 Å². The lowest BCUT2D eigenvalue weighted by atomic mass is 10.1. The molecule has 10 nitrogen and oxygen atoms in total. The summed E-state index contributed by atoms with van der Waals surface area (Å²) in [5, 5.41) is 14.5. The van der Waals surface area contributed by atoms with Crippen molar-refractivity contribution in [3.63, 3.8) is 0 Å². The van der Waals surface area contributed by atoms with Crippen molar-refractivity contribution < 1.29 is 24.5 Å². The lowest BCUT2D eigenvalue weighted by Crippen LogP contribution is -2.42. The maximum atomic E-state index is 8.36. The SMILES string of the molecule is Cc1ncc(-c2nccn2[C@@H]2C[C@H]3CO[C@@H](c4ccc(Cl)cc4)CN3C2)n1C.O=CO.O=CO. The molecule has 0 amide bonds. The zero-order valence-electron chi connectivity index (χ0n) is 19.0. The summed E-state index contributed by atoms with van der Waals surface area (Å²) in [5.74, 6) is 1.98. The van der Waals surface area contributed by atoms with E-state index in [1.54, 1.807) is 0 Å². The maximum Gasteiger partial charge on any atom is 0.290 e. The van der Waals surface area contributed by atoms with Crippen molar-refractivity contribution in [2.45, 2.75) is 31.5 Å². The van der Waals surface area contributed by atoms with Crippen LogP contribution >= 0.6 is 11.6 Å². The minimum absolute atomic E-state index is 0.106. The van der Waals surface area contributed by atoms with Gasteiger partial charge in [-0.1, -0.05) is 23.7 Å². The highest BCUT2D eigenvalue weighted by Crippen LogP contribution is 2.36. The monoisotopic (exact) mass is 489 g/mol. The average Bonchev–Trinajstić information content (AvgIpc) is 3.54. The number of halogens is 1. The largest absolute Gasteiger partial charge is 0.483 e. The molecule has 182 valence electrons. The number of imidazole rings is 2. The molecule has 2 fully saturated rings. The van der Waals surface area contributed by atoms with Crippen molar-refractivity contribution in [3.05, 3.63) is 59.3 Å². The molecule has 0 aliphatic carbocycles. The average molecular weight is 490 g/mol. The van der Waals surface area contributed by atoms with Crippen LogP contribution in [0.3, 0.4) is 0 Å². The molecule has 0 radical (unpaired) electrons. The minimum Gasteiger partial charge on any atom is -0.483 e. The van der Waals surface area contributed by atoms with E-state index in [4.69, 9.17) is 36.1 Å². The smallest absolute Gasteiger partial charge is 0.290 e. The number of carboxylic acid groups (broad SMARTS) is 2. The Morgan fingerprint density at radius 2 is 1.76 bits per heavy atom. The highest BCUT2D eigenvalue weighted by Gasteiger charge is 2.39. The molecule has 34 heavy (non-hydrogen) atoms. The molecule has 0 bridgehead atoms. The van der Waals surface area contributed by atoms with Crippen LogP contribution in [0.4, 0.5) is 0 Å². The number of ether oxygens (including phenoxy) is 1. The topological polar surface area (TPSA) is 123 Å². The molecule has 0 saturated carbocycles. The second kappa shape index (κ2) is 11.8. The Morgan fingerprint density at radius 1 is 1.09 bits per heavy atom. The molecule has 2 aliphatic heterocycles. The highest BCUT2D eigenvalue weighted by atomic mass is 35.5. The summed E-state index contributed by atoms with van der Waals surface area (Å²) in [6, 6.07) is 8.86. The van der Waals surface area contributed by atoms with Crippen LogP contribution in [0, 0.1) is 6.92 Å². The highest BCUT2D eigenvalue weighted by molar-refractivity contribution is 6.30. The molecule has 0 unspecified atom stereocenters. The van der Waals surface area contributed by atoms with E-state index in [2.05, 4.69) is 42.3 Å². The first-order chi connectivity index (χ1) is 16.4. The van der Waals surface area contributed by atoms with Gasteiger partial charge in [0, 0.05) is 49.6 Å². The molecular formula is C23H28ClN5O5. The van der Waals surface area contributed by atoms with Gasteiger partial charge in [0.25, 0.3) is 12.9 Å². The number of hydrogen-bond acceptors (Lipinski definition) is 6. The third kappa shape index (κ3) is 5.64. The van der Waals surface area contributed by atoms with Gasteiger partial charge >= 0.3 is 0 Å². The summed E-state index contributed by atoms with van der Waals surface area (Å²) in [4.78, 5) is 28.3. The Bertz CT molecular complexity index is 1080. The number of hydrogen-bond donors (Lipinski definition) is 2. The van der Waals surface area contributed by atoms with Crippen molar-refractivity contribution in [2.24, 2.45) is 7.05 Å². The number of nitrogens with zero attached hydrogens (tertiary/aromatic N) is 5. The van der Waals surface area contributed by atoms with E-state index in [1.165, 1.54) is 5.56 Å². The third-order valence-electron chi connectivity index (χ3n) is 6.15. The molecule has 4 heterocycles. The molecule has 11 heteroatoms. The van der Waals surface area contributed by atoms with Crippen LogP contribution in [0.1, 0.15) is 30.0 Å². The Kier molecular flexibility index (Phi) is 8.80. The van der Waals surface area contributed by atoms with Crippen LogP contribution in [-0.2, 0) is 21.4 Å². The summed E-state index contributed by atoms with van der Waals surface area (Å²) in [6.45, 7) is 4.20. The van der Waals surface area contributed by atoms with E-state index in [-0.39, 0.29) is 19.0 Å². The van der Waals surface area contributed by atoms with Crippen LogP contribution in [0.15, 0.2) is 42.9 Å². The van der Waals surface area contributed by atoms with E-state index in [0.29, 0.717) is 12.1 Å². The summed E-state index contributed by atoms with van der Waals surface area (Å²) < 4.78 is 10.6. The predicted molar refractivity (Wildman–Crippen MR) is 126 cm³/mol. The normalized spacial score (nSPS) is 21.4. The third-order valence-corrected chi connectivity index (χ3v) is 6.40. The Labute approximate surface area is 202 Å². The Balaban J connectivity index is 0.000000492. The van der Waals surface area contributed by atoms with Crippen molar-refractivity contribution >= 4 is 24.5 Å². The van der Waals surface area contributed by atoms with E-state index >= 15 is 0 Å². The van der Waals surface area contributed by atoms with Crippen molar-refractivity contribution in [1.82, 2.24) is 24.0 Å². The van der Waals surface area contributed by atoms with Crippen LogP contribution < -0.4 is 0 Å². The molecule has 3 aromatic rings. The van der Waals surface area contributed by atoms with Crippen LogP contribution in [-0.4, -0.2) is 72.9 Å². The number of fused-ring (bicyclic) bond motifs is 1. The molecule has 3 atom stereocenters. The first-order valence-electron chi connectivity index (χ1n) is 10.7. The number of rotatable bonds is 3. The van der Waals surface area contributed by atoms with Gasteiger partial charge in [-0.15, -0.1) is 0 Å². The van der Waals surface area contributed by atoms with Crippen LogP contribution in [0.5, 0.6) is 0 Å². The summed E-state index contributed by atoms with van der Waals surface area (Å²) in [5.41, 5.74) is 2.25. The second-order valence-corrected chi connectivity index (χ2v) is 8.43. The van der Waals surface area contributed by atoms with Crippen molar-refractivity contribution in [2.75, 3.05) is 19.7 Å². The summed E-state index contributed by atoms with van der Waals surface area (Å²) in [6.07, 6.45) is 7.08. The first-order valence-corrected chi connectivity index (χ1v) is 11.1. The molecule has 0 spiro atoms. The van der Waals surface area contributed by atoms with Crippen molar-refractivity contribution in [3.8, 4) is 11.5 Å². The zero-order chi connectivity index (χ0) is 24.7. The van der Waals surface area contributed by atoms with Gasteiger partial charge < -0.3 is 24.1 Å². The number of morpholine rings is 1. The zero-order valence-corrected chi connectivity index (χ0v) is 19.7. The second-order valence-electron chi connectivity index (χ2n) is 7.99. The lowest BCUT2D eigenvalue weighted by Gasteiger charge is -2.35. The fourth-order valence-electron chi connectivity index (χ4n) is 4.44. The Morgan fingerprint density at radius 3 is 2.38 bits per heavy atom. The number of carbonyl (C=O) groups is 2. The van der Waals surface area contributed by atoms with Gasteiger partial charge in [0.05, 0.1) is 18.9 Å².